The Labute approximate surface area is 146 Å². The second-order valence-electron chi connectivity index (χ2n) is 5.93. The number of nitrogens with one attached hydrogen (secondary N) is 1. The van der Waals surface area contributed by atoms with E-state index in [1.807, 2.05) is 44.2 Å². The Hall–Kier alpha value is -2.33. The van der Waals surface area contributed by atoms with Gasteiger partial charge >= 0.3 is 5.97 Å². The van der Waals surface area contributed by atoms with E-state index in [4.69, 9.17) is 16.7 Å². The maximum atomic E-state index is 12.6. The third-order valence-electron chi connectivity index (χ3n) is 3.84. The molecule has 0 aliphatic rings. The molecular weight excluding hydrogens is 326 g/mol. The second kappa shape index (κ2) is 7.97. The van der Waals surface area contributed by atoms with Crippen LogP contribution in [0.5, 0.6) is 0 Å². The molecule has 0 spiro atoms. The molecule has 4 nitrogen and oxygen atoms in total. The summed E-state index contributed by atoms with van der Waals surface area (Å²) in [5.41, 5.74) is 3.56. The predicted molar refractivity (Wildman–Crippen MR) is 95.4 cm³/mol. The van der Waals surface area contributed by atoms with Gasteiger partial charge < -0.3 is 10.4 Å². The molecular formula is C19H20ClNO3. The summed E-state index contributed by atoms with van der Waals surface area (Å²) >= 11 is 5.86. The number of carbonyl (C=O) groups excluding carboxylic acids is 1. The van der Waals surface area contributed by atoms with E-state index in [9.17, 15) is 9.59 Å². The second-order valence-corrected chi connectivity index (χ2v) is 6.37. The first kappa shape index (κ1) is 18.0. The molecule has 0 fully saturated rings. The highest BCUT2D eigenvalue weighted by molar-refractivity contribution is 6.30. The number of aryl methyl sites for hydroxylation is 2. The van der Waals surface area contributed by atoms with E-state index in [0.717, 1.165) is 16.7 Å². The first-order valence-electron chi connectivity index (χ1n) is 7.69. The number of hydrogen-bond acceptors (Lipinski definition) is 2. The van der Waals surface area contributed by atoms with Crippen molar-refractivity contribution < 1.29 is 14.7 Å². The molecule has 0 aromatic heterocycles. The van der Waals surface area contributed by atoms with Crippen molar-refractivity contribution >= 4 is 29.2 Å². The molecule has 1 amide bonds. The number of halogens is 1. The Bertz CT molecular complexity index is 741. The van der Waals surface area contributed by atoms with Gasteiger partial charge in [-0.05, 0) is 55.2 Å². The van der Waals surface area contributed by atoms with E-state index >= 15 is 0 Å². The molecule has 126 valence electrons. The molecule has 0 radical (unpaired) electrons. The van der Waals surface area contributed by atoms with Crippen LogP contribution in [0.25, 0.3) is 0 Å². The molecule has 5 heteroatoms. The number of carboxylic acid groups (broad SMARTS) is 1. The molecule has 24 heavy (non-hydrogen) atoms. The Kier molecular flexibility index (Phi) is 5.99. The lowest BCUT2D eigenvalue weighted by Gasteiger charge is -2.17. The average Bonchev–Trinajstić information content (AvgIpc) is 2.52. The first-order valence-corrected chi connectivity index (χ1v) is 8.07. The van der Waals surface area contributed by atoms with Gasteiger partial charge in [0.05, 0.1) is 12.3 Å². The van der Waals surface area contributed by atoms with Crippen molar-refractivity contribution in [3.05, 3.63) is 64.2 Å². The van der Waals surface area contributed by atoms with Gasteiger partial charge in [-0.1, -0.05) is 35.9 Å². The zero-order chi connectivity index (χ0) is 17.7. The number of rotatable bonds is 6. The summed E-state index contributed by atoms with van der Waals surface area (Å²) in [5, 5.41) is 12.6. The van der Waals surface area contributed by atoms with Crippen LogP contribution >= 0.6 is 11.6 Å². The van der Waals surface area contributed by atoms with Gasteiger partial charge in [0.2, 0.25) is 5.91 Å². The summed E-state index contributed by atoms with van der Waals surface area (Å²) in [6, 6.07) is 12.9. The fraction of sp³-hybridized carbons (Fsp3) is 0.263. The molecule has 0 aliphatic carbocycles. The number of amides is 1. The minimum Gasteiger partial charge on any atom is -0.481 e. The van der Waals surface area contributed by atoms with Crippen molar-refractivity contribution in [1.29, 1.82) is 0 Å². The van der Waals surface area contributed by atoms with E-state index in [2.05, 4.69) is 5.32 Å². The van der Waals surface area contributed by atoms with E-state index < -0.39 is 11.9 Å². The molecule has 0 saturated heterocycles. The Morgan fingerprint density at radius 2 is 1.79 bits per heavy atom. The summed E-state index contributed by atoms with van der Waals surface area (Å²) in [4.78, 5) is 23.7. The Balaban J connectivity index is 2.16. The fourth-order valence-corrected chi connectivity index (χ4v) is 2.60. The lowest BCUT2D eigenvalue weighted by molar-refractivity contribution is -0.140. The maximum Gasteiger partial charge on any atom is 0.304 e. The summed E-state index contributed by atoms with van der Waals surface area (Å²) < 4.78 is 0. The van der Waals surface area contributed by atoms with Crippen LogP contribution < -0.4 is 5.32 Å². The molecule has 0 saturated carbocycles. The molecule has 0 unspecified atom stereocenters. The van der Waals surface area contributed by atoms with Crippen LogP contribution in [0.1, 0.15) is 23.1 Å². The molecule has 0 aliphatic heterocycles. The van der Waals surface area contributed by atoms with Crippen molar-refractivity contribution in [2.24, 2.45) is 5.92 Å². The predicted octanol–water partition coefficient (Wildman–Crippen LogP) is 4.23. The van der Waals surface area contributed by atoms with E-state index in [-0.39, 0.29) is 12.3 Å². The van der Waals surface area contributed by atoms with E-state index in [1.165, 1.54) is 0 Å². The molecule has 2 rings (SSSR count). The summed E-state index contributed by atoms with van der Waals surface area (Å²) in [6.45, 7) is 3.85. The van der Waals surface area contributed by atoms with Crippen LogP contribution in [0.4, 0.5) is 5.69 Å². The Morgan fingerprint density at radius 1 is 1.12 bits per heavy atom. The molecule has 1 atom stereocenters. The van der Waals surface area contributed by atoms with Crippen molar-refractivity contribution in [1.82, 2.24) is 0 Å². The van der Waals surface area contributed by atoms with Crippen LogP contribution in [-0.2, 0) is 16.0 Å². The van der Waals surface area contributed by atoms with Gasteiger partial charge in [-0.2, -0.15) is 0 Å². The largest absolute Gasteiger partial charge is 0.481 e. The van der Waals surface area contributed by atoms with Crippen LogP contribution in [0.2, 0.25) is 5.02 Å². The normalized spacial score (nSPS) is 11.8. The van der Waals surface area contributed by atoms with Gasteiger partial charge in [0, 0.05) is 10.7 Å². The molecule has 2 N–H and O–H groups in total. The summed E-state index contributed by atoms with van der Waals surface area (Å²) in [5.74, 6) is -1.94. The number of anilines is 1. The number of carbonyl (C=O) groups is 2. The monoisotopic (exact) mass is 345 g/mol. The van der Waals surface area contributed by atoms with Gasteiger partial charge in [-0.15, -0.1) is 0 Å². The molecule has 2 aromatic carbocycles. The third-order valence-corrected chi connectivity index (χ3v) is 4.09. The number of benzene rings is 2. The van der Waals surface area contributed by atoms with Gasteiger partial charge in [0.1, 0.15) is 0 Å². The maximum absolute atomic E-state index is 12.6. The summed E-state index contributed by atoms with van der Waals surface area (Å²) in [6.07, 6.45) is 0.124. The van der Waals surface area contributed by atoms with Gasteiger partial charge in [-0.25, -0.2) is 0 Å². The van der Waals surface area contributed by atoms with Crippen molar-refractivity contribution in [3.8, 4) is 0 Å². The van der Waals surface area contributed by atoms with Crippen LogP contribution in [0.15, 0.2) is 42.5 Å². The fourth-order valence-electron chi connectivity index (χ4n) is 2.48. The highest BCUT2D eigenvalue weighted by Gasteiger charge is 2.22. The van der Waals surface area contributed by atoms with Gasteiger partial charge in [0.15, 0.2) is 0 Å². The number of aliphatic carboxylic acids is 1. The lowest BCUT2D eigenvalue weighted by atomic mass is 9.95. The van der Waals surface area contributed by atoms with Crippen LogP contribution in [-0.4, -0.2) is 17.0 Å². The SMILES string of the molecule is Cc1ccc(C)c(NC(=O)[C@H](CC(=O)O)Cc2ccc(Cl)cc2)c1. The highest BCUT2D eigenvalue weighted by atomic mass is 35.5. The van der Waals surface area contributed by atoms with Crippen molar-refractivity contribution in [3.63, 3.8) is 0 Å². The van der Waals surface area contributed by atoms with Gasteiger partial charge in [0.25, 0.3) is 0 Å². The van der Waals surface area contributed by atoms with E-state index in [1.54, 1.807) is 12.1 Å². The third kappa shape index (κ3) is 5.10. The van der Waals surface area contributed by atoms with Crippen molar-refractivity contribution in [2.75, 3.05) is 5.32 Å². The zero-order valence-electron chi connectivity index (χ0n) is 13.7. The minimum absolute atomic E-state index is 0.223. The lowest BCUT2D eigenvalue weighted by Crippen LogP contribution is -2.27. The van der Waals surface area contributed by atoms with Crippen molar-refractivity contribution in [2.45, 2.75) is 26.7 Å². The number of carboxylic acids is 1. The number of hydrogen-bond donors (Lipinski definition) is 2. The average molecular weight is 346 g/mol. The van der Waals surface area contributed by atoms with Gasteiger partial charge in [-0.3, -0.25) is 9.59 Å². The van der Waals surface area contributed by atoms with Crippen LogP contribution in [0, 0.1) is 19.8 Å². The Morgan fingerprint density at radius 3 is 2.42 bits per heavy atom. The summed E-state index contributed by atoms with van der Waals surface area (Å²) in [7, 11) is 0. The quantitative estimate of drug-likeness (QED) is 0.823. The topological polar surface area (TPSA) is 66.4 Å². The molecule has 0 bridgehead atoms. The highest BCUT2D eigenvalue weighted by Crippen LogP contribution is 2.21. The van der Waals surface area contributed by atoms with Crippen LogP contribution in [0.3, 0.4) is 0 Å². The molecule has 2 aromatic rings. The first-order chi connectivity index (χ1) is 11.3. The van der Waals surface area contributed by atoms with E-state index in [0.29, 0.717) is 17.1 Å². The molecule has 0 heterocycles. The standard InChI is InChI=1S/C19H20ClNO3/c1-12-3-4-13(2)17(9-12)21-19(24)15(11-18(22)23)10-14-5-7-16(20)8-6-14/h3-9,15H,10-11H2,1-2H3,(H,21,24)(H,22,23)/t15-/m0/s1. The smallest absolute Gasteiger partial charge is 0.304 e. The zero-order valence-corrected chi connectivity index (χ0v) is 14.4. The minimum atomic E-state index is -0.995.